The van der Waals surface area contributed by atoms with E-state index in [-0.39, 0.29) is 11.7 Å². The molecule has 104 valence electrons. The number of carbonyl (C=O) groups is 1. The maximum absolute atomic E-state index is 13.4. The van der Waals surface area contributed by atoms with E-state index in [2.05, 4.69) is 15.6 Å². The summed E-state index contributed by atoms with van der Waals surface area (Å²) in [5, 5.41) is 4.85. The minimum Gasteiger partial charge on any atom is -0.330 e. The fourth-order valence-corrected chi connectivity index (χ4v) is 1.65. The van der Waals surface area contributed by atoms with Crippen LogP contribution in [-0.4, -0.2) is 11.0 Å². The van der Waals surface area contributed by atoms with Crippen LogP contribution in [0, 0.1) is 11.6 Å². The molecule has 2 amide bonds. The number of pyridine rings is 1. The van der Waals surface area contributed by atoms with Crippen molar-refractivity contribution in [3.63, 3.8) is 0 Å². The third-order valence-corrected chi connectivity index (χ3v) is 2.66. The summed E-state index contributed by atoms with van der Waals surface area (Å²) in [5.41, 5.74) is 0.457. The number of amides is 2. The number of aromatic nitrogens is 1. The summed E-state index contributed by atoms with van der Waals surface area (Å²) in [6, 6.07) is 7.18. The molecule has 1 atom stereocenters. The number of anilines is 1. The number of rotatable bonds is 3. The molecule has 0 spiro atoms. The summed E-state index contributed by atoms with van der Waals surface area (Å²) < 4.78 is 26.3. The molecule has 2 rings (SSSR count). The van der Waals surface area contributed by atoms with Crippen LogP contribution in [0.25, 0.3) is 0 Å². The van der Waals surface area contributed by atoms with Crippen molar-refractivity contribution in [1.82, 2.24) is 10.3 Å². The standard InChI is InChI=1S/C14H13F2N3O/c1-9(12-4-2-3-7-17-12)18-14(20)19-13-8-10(15)5-6-11(13)16/h2-9H,1H3,(H2,18,19,20). The molecule has 2 aromatic rings. The Morgan fingerprint density at radius 1 is 1.25 bits per heavy atom. The average Bonchev–Trinajstić information content (AvgIpc) is 2.43. The zero-order chi connectivity index (χ0) is 14.5. The van der Waals surface area contributed by atoms with Gasteiger partial charge in [0.1, 0.15) is 11.6 Å². The van der Waals surface area contributed by atoms with Crippen LogP contribution < -0.4 is 10.6 Å². The first-order valence-electron chi connectivity index (χ1n) is 6.00. The molecule has 1 aromatic carbocycles. The Bertz CT molecular complexity index is 605. The van der Waals surface area contributed by atoms with E-state index < -0.39 is 17.7 Å². The van der Waals surface area contributed by atoms with E-state index in [4.69, 9.17) is 0 Å². The number of carbonyl (C=O) groups excluding carboxylic acids is 1. The van der Waals surface area contributed by atoms with E-state index in [1.807, 2.05) is 0 Å². The number of nitrogens with one attached hydrogen (secondary N) is 2. The minimum atomic E-state index is -0.702. The zero-order valence-corrected chi connectivity index (χ0v) is 10.7. The van der Waals surface area contributed by atoms with Crippen LogP contribution in [0.15, 0.2) is 42.6 Å². The summed E-state index contributed by atoms with van der Waals surface area (Å²) >= 11 is 0. The second-order valence-electron chi connectivity index (χ2n) is 4.20. The summed E-state index contributed by atoms with van der Waals surface area (Å²) in [6.45, 7) is 1.74. The molecule has 0 aliphatic rings. The predicted molar refractivity (Wildman–Crippen MR) is 71.2 cm³/mol. The van der Waals surface area contributed by atoms with Gasteiger partial charge < -0.3 is 10.6 Å². The smallest absolute Gasteiger partial charge is 0.319 e. The zero-order valence-electron chi connectivity index (χ0n) is 10.7. The van der Waals surface area contributed by atoms with E-state index in [0.29, 0.717) is 5.69 Å². The molecule has 0 bridgehead atoms. The van der Waals surface area contributed by atoms with Crippen LogP contribution in [0.4, 0.5) is 19.3 Å². The number of hydrogen-bond donors (Lipinski definition) is 2. The van der Waals surface area contributed by atoms with Crippen molar-refractivity contribution in [3.05, 3.63) is 59.9 Å². The lowest BCUT2D eigenvalue weighted by Gasteiger charge is -2.14. The third kappa shape index (κ3) is 3.50. The average molecular weight is 277 g/mol. The molecule has 1 unspecified atom stereocenters. The molecule has 0 saturated carbocycles. The Morgan fingerprint density at radius 2 is 2.05 bits per heavy atom. The van der Waals surface area contributed by atoms with Crippen LogP contribution in [0.1, 0.15) is 18.7 Å². The van der Waals surface area contributed by atoms with Gasteiger partial charge >= 0.3 is 6.03 Å². The first-order chi connectivity index (χ1) is 9.56. The summed E-state index contributed by atoms with van der Waals surface area (Å²) in [5.74, 6) is -1.33. The van der Waals surface area contributed by atoms with Gasteiger partial charge in [0.05, 0.1) is 17.4 Å². The summed E-state index contributed by atoms with van der Waals surface area (Å²) in [4.78, 5) is 15.8. The molecule has 0 aliphatic heterocycles. The highest BCUT2D eigenvalue weighted by atomic mass is 19.1. The molecule has 1 aromatic heterocycles. The van der Waals surface area contributed by atoms with Crippen molar-refractivity contribution in [3.8, 4) is 0 Å². The van der Waals surface area contributed by atoms with Gasteiger partial charge in [0.25, 0.3) is 0 Å². The molecule has 2 N–H and O–H groups in total. The van der Waals surface area contributed by atoms with Gasteiger partial charge in [0.2, 0.25) is 0 Å². The second kappa shape index (κ2) is 6.10. The lowest BCUT2D eigenvalue weighted by atomic mass is 10.2. The van der Waals surface area contributed by atoms with E-state index >= 15 is 0 Å². The molecule has 1 heterocycles. The van der Waals surface area contributed by atoms with Gasteiger partial charge in [-0.05, 0) is 31.2 Å². The normalized spacial score (nSPS) is 11.8. The van der Waals surface area contributed by atoms with Gasteiger partial charge in [-0.15, -0.1) is 0 Å². The van der Waals surface area contributed by atoms with Crippen LogP contribution in [-0.2, 0) is 0 Å². The number of hydrogen-bond acceptors (Lipinski definition) is 2. The summed E-state index contributed by atoms with van der Waals surface area (Å²) in [6.07, 6.45) is 1.61. The molecule has 0 fully saturated rings. The van der Waals surface area contributed by atoms with E-state index in [0.717, 1.165) is 18.2 Å². The number of nitrogens with zero attached hydrogens (tertiary/aromatic N) is 1. The van der Waals surface area contributed by atoms with E-state index in [1.54, 1.807) is 31.3 Å². The quantitative estimate of drug-likeness (QED) is 0.904. The highest BCUT2D eigenvalue weighted by molar-refractivity contribution is 5.89. The first kappa shape index (κ1) is 13.9. The Balaban J connectivity index is 2.01. The van der Waals surface area contributed by atoms with Gasteiger partial charge in [-0.25, -0.2) is 13.6 Å². The Hall–Kier alpha value is -2.50. The SMILES string of the molecule is CC(NC(=O)Nc1cc(F)ccc1F)c1ccccn1. The Morgan fingerprint density at radius 3 is 2.75 bits per heavy atom. The lowest BCUT2D eigenvalue weighted by molar-refractivity contribution is 0.249. The lowest BCUT2D eigenvalue weighted by Crippen LogP contribution is -2.31. The Kier molecular flexibility index (Phi) is 4.24. The molecular formula is C14H13F2N3O. The van der Waals surface area contributed by atoms with Crippen molar-refractivity contribution in [2.24, 2.45) is 0 Å². The molecule has 0 saturated heterocycles. The van der Waals surface area contributed by atoms with Crippen molar-refractivity contribution >= 4 is 11.7 Å². The number of urea groups is 1. The topological polar surface area (TPSA) is 54.0 Å². The molecule has 0 radical (unpaired) electrons. The maximum atomic E-state index is 13.4. The van der Waals surface area contributed by atoms with Crippen molar-refractivity contribution in [1.29, 1.82) is 0 Å². The van der Waals surface area contributed by atoms with Crippen LogP contribution in [0.3, 0.4) is 0 Å². The second-order valence-corrected chi connectivity index (χ2v) is 4.20. The number of halogens is 2. The van der Waals surface area contributed by atoms with Crippen LogP contribution in [0.5, 0.6) is 0 Å². The van der Waals surface area contributed by atoms with Crippen LogP contribution >= 0.6 is 0 Å². The molecular weight excluding hydrogens is 264 g/mol. The van der Waals surface area contributed by atoms with Gasteiger partial charge in [-0.3, -0.25) is 4.98 Å². The van der Waals surface area contributed by atoms with Gasteiger partial charge in [-0.2, -0.15) is 0 Å². The first-order valence-corrected chi connectivity index (χ1v) is 6.00. The monoisotopic (exact) mass is 277 g/mol. The third-order valence-electron chi connectivity index (χ3n) is 2.66. The molecule has 6 heteroatoms. The van der Waals surface area contributed by atoms with E-state index in [1.165, 1.54) is 0 Å². The van der Waals surface area contributed by atoms with Gasteiger partial charge in [0.15, 0.2) is 0 Å². The van der Waals surface area contributed by atoms with Crippen molar-refractivity contribution in [2.75, 3.05) is 5.32 Å². The van der Waals surface area contributed by atoms with E-state index in [9.17, 15) is 13.6 Å². The fraction of sp³-hybridized carbons (Fsp3) is 0.143. The van der Waals surface area contributed by atoms with Crippen molar-refractivity contribution < 1.29 is 13.6 Å². The molecule has 0 aliphatic carbocycles. The Labute approximate surface area is 114 Å². The van der Waals surface area contributed by atoms with Gasteiger partial charge in [-0.1, -0.05) is 6.07 Å². The minimum absolute atomic E-state index is 0.212. The maximum Gasteiger partial charge on any atom is 0.319 e. The highest BCUT2D eigenvalue weighted by Crippen LogP contribution is 2.15. The predicted octanol–water partition coefficient (Wildman–Crippen LogP) is 3.24. The fourth-order valence-electron chi connectivity index (χ4n) is 1.65. The molecule has 4 nitrogen and oxygen atoms in total. The van der Waals surface area contributed by atoms with Crippen molar-refractivity contribution in [2.45, 2.75) is 13.0 Å². The largest absolute Gasteiger partial charge is 0.330 e. The van der Waals surface area contributed by atoms with Crippen LogP contribution in [0.2, 0.25) is 0 Å². The van der Waals surface area contributed by atoms with Gasteiger partial charge in [0, 0.05) is 12.3 Å². The highest BCUT2D eigenvalue weighted by Gasteiger charge is 2.12. The summed E-state index contributed by atoms with van der Waals surface area (Å²) in [7, 11) is 0. The number of benzene rings is 1. The molecule has 20 heavy (non-hydrogen) atoms.